The van der Waals surface area contributed by atoms with E-state index < -0.39 is 0 Å². The zero-order valence-electron chi connectivity index (χ0n) is 13.8. The SMILES string of the molecule is Cc1cc(C(=O)COc2ccccn2)c(C)n1CCC(C)C. The van der Waals surface area contributed by atoms with Gasteiger partial charge in [0, 0.05) is 35.8 Å². The molecule has 0 aliphatic carbocycles. The number of ketones is 1. The van der Waals surface area contributed by atoms with Crippen LogP contribution in [0.1, 0.15) is 42.0 Å². The minimum absolute atomic E-state index is 0.00505. The van der Waals surface area contributed by atoms with E-state index in [0.717, 1.165) is 29.9 Å². The van der Waals surface area contributed by atoms with Crippen molar-refractivity contribution in [3.8, 4) is 5.88 Å². The van der Waals surface area contributed by atoms with E-state index in [2.05, 4.69) is 23.4 Å². The lowest BCUT2D eigenvalue weighted by molar-refractivity contribution is 0.0917. The van der Waals surface area contributed by atoms with Crippen LogP contribution >= 0.6 is 0 Å². The van der Waals surface area contributed by atoms with E-state index in [-0.39, 0.29) is 12.4 Å². The molecule has 0 N–H and O–H groups in total. The first-order valence-electron chi connectivity index (χ1n) is 7.72. The minimum Gasteiger partial charge on any atom is -0.469 e. The van der Waals surface area contributed by atoms with Gasteiger partial charge < -0.3 is 9.30 Å². The topological polar surface area (TPSA) is 44.1 Å². The average molecular weight is 300 g/mol. The highest BCUT2D eigenvalue weighted by Gasteiger charge is 2.16. The van der Waals surface area contributed by atoms with Gasteiger partial charge in [0.1, 0.15) is 0 Å². The molecule has 0 radical (unpaired) electrons. The third-order valence-corrected chi connectivity index (χ3v) is 3.79. The van der Waals surface area contributed by atoms with E-state index in [0.29, 0.717) is 11.8 Å². The summed E-state index contributed by atoms with van der Waals surface area (Å²) in [5.41, 5.74) is 2.89. The molecular weight excluding hydrogens is 276 g/mol. The predicted molar refractivity (Wildman–Crippen MR) is 87.4 cm³/mol. The van der Waals surface area contributed by atoms with Gasteiger partial charge in [-0.15, -0.1) is 0 Å². The number of aryl methyl sites for hydroxylation is 1. The highest BCUT2D eigenvalue weighted by molar-refractivity contribution is 5.98. The highest BCUT2D eigenvalue weighted by Crippen LogP contribution is 2.18. The van der Waals surface area contributed by atoms with Crippen molar-refractivity contribution >= 4 is 5.78 Å². The third kappa shape index (κ3) is 3.97. The fourth-order valence-electron chi connectivity index (χ4n) is 2.46. The van der Waals surface area contributed by atoms with Crippen LogP contribution < -0.4 is 4.74 Å². The van der Waals surface area contributed by atoms with Crippen molar-refractivity contribution in [3.05, 3.63) is 47.4 Å². The summed E-state index contributed by atoms with van der Waals surface area (Å²) < 4.78 is 7.67. The van der Waals surface area contributed by atoms with E-state index in [9.17, 15) is 4.79 Å². The molecule has 2 heterocycles. The summed E-state index contributed by atoms with van der Waals surface area (Å²) in [6, 6.07) is 7.36. The van der Waals surface area contributed by atoms with Gasteiger partial charge in [0.15, 0.2) is 6.61 Å². The highest BCUT2D eigenvalue weighted by atomic mass is 16.5. The lowest BCUT2D eigenvalue weighted by atomic mass is 10.1. The number of aromatic nitrogens is 2. The molecule has 0 aliphatic rings. The molecule has 0 unspecified atom stereocenters. The Balaban J connectivity index is 2.05. The maximum absolute atomic E-state index is 12.4. The molecule has 0 fully saturated rings. The van der Waals surface area contributed by atoms with Crippen LogP contribution in [0.15, 0.2) is 30.5 Å². The van der Waals surface area contributed by atoms with Gasteiger partial charge in [-0.1, -0.05) is 19.9 Å². The third-order valence-electron chi connectivity index (χ3n) is 3.79. The summed E-state index contributed by atoms with van der Waals surface area (Å²) in [5, 5.41) is 0. The van der Waals surface area contributed by atoms with Crippen LogP contribution in [0.25, 0.3) is 0 Å². The standard InChI is InChI=1S/C18H24N2O2/c1-13(2)8-10-20-14(3)11-16(15(20)4)17(21)12-22-18-7-5-6-9-19-18/h5-7,9,11,13H,8,10,12H2,1-4H3. The number of Topliss-reactive ketones (excluding diaryl/α,β-unsaturated/α-hetero) is 1. The Bertz CT molecular complexity index is 630. The molecule has 0 atom stereocenters. The van der Waals surface area contributed by atoms with E-state index in [4.69, 9.17) is 4.74 Å². The van der Waals surface area contributed by atoms with Gasteiger partial charge in [-0.25, -0.2) is 4.98 Å². The maximum atomic E-state index is 12.4. The fourth-order valence-corrected chi connectivity index (χ4v) is 2.46. The zero-order valence-corrected chi connectivity index (χ0v) is 13.8. The lowest BCUT2D eigenvalue weighted by Gasteiger charge is -2.11. The molecule has 0 aromatic carbocycles. The van der Waals surface area contributed by atoms with Crippen LogP contribution in [0, 0.1) is 19.8 Å². The van der Waals surface area contributed by atoms with Crippen molar-refractivity contribution < 1.29 is 9.53 Å². The van der Waals surface area contributed by atoms with Crippen LogP contribution in [-0.4, -0.2) is 21.9 Å². The van der Waals surface area contributed by atoms with Gasteiger partial charge in [-0.3, -0.25) is 4.79 Å². The Morgan fingerprint density at radius 3 is 2.73 bits per heavy atom. The van der Waals surface area contributed by atoms with Crippen molar-refractivity contribution in [2.45, 2.75) is 40.7 Å². The monoisotopic (exact) mass is 300 g/mol. The van der Waals surface area contributed by atoms with Crippen molar-refractivity contribution in [2.24, 2.45) is 5.92 Å². The number of ether oxygens (including phenoxy) is 1. The van der Waals surface area contributed by atoms with Gasteiger partial charge in [-0.2, -0.15) is 0 Å². The second-order valence-corrected chi connectivity index (χ2v) is 6.00. The molecule has 0 amide bonds. The summed E-state index contributed by atoms with van der Waals surface area (Å²) >= 11 is 0. The normalized spacial score (nSPS) is 11.0. The molecule has 2 aromatic heterocycles. The van der Waals surface area contributed by atoms with E-state index in [1.165, 1.54) is 0 Å². The Hall–Kier alpha value is -2.10. The average Bonchev–Trinajstić information content (AvgIpc) is 2.78. The predicted octanol–water partition coefficient (Wildman–Crippen LogP) is 3.81. The lowest BCUT2D eigenvalue weighted by Crippen LogP contribution is -2.13. The van der Waals surface area contributed by atoms with Crippen molar-refractivity contribution in [3.63, 3.8) is 0 Å². The Morgan fingerprint density at radius 2 is 2.09 bits per heavy atom. The van der Waals surface area contributed by atoms with Crippen LogP contribution in [0.4, 0.5) is 0 Å². The van der Waals surface area contributed by atoms with Crippen molar-refractivity contribution in [2.75, 3.05) is 6.61 Å². The zero-order chi connectivity index (χ0) is 16.1. The second-order valence-electron chi connectivity index (χ2n) is 6.00. The van der Waals surface area contributed by atoms with Crippen LogP contribution in [-0.2, 0) is 6.54 Å². The summed E-state index contributed by atoms with van der Waals surface area (Å²) in [6.07, 6.45) is 2.76. The molecule has 2 aromatic rings. The number of carbonyl (C=O) groups is 1. The Morgan fingerprint density at radius 1 is 1.32 bits per heavy atom. The van der Waals surface area contributed by atoms with Gasteiger partial charge >= 0.3 is 0 Å². The molecular formula is C18H24N2O2. The molecule has 4 heteroatoms. The molecule has 22 heavy (non-hydrogen) atoms. The first-order chi connectivity index (χ1) is 10.5. The number of carbonyl (C=O) groups excluding carboxylic acids is 1. The van der Waals surface area contributed by atoms with E-state index in [1.807, 2.05) is 32.0 Å². The van der Waals surface area contributed by atoms with Crippen LogP contribution in [0.5, 0.6) is 5.88 Å². The van der Waals surface area contributed by atoms with E-state index in [1.54, 1.807) is 12.3 Å². The van der Waals surface area contributed by atoms with Crippen LogP contribution in [0.2, 0.25) is 0 Å². The number of pyridine rings is 1. The number of rotatable bonds is 7. The fraction of sp³-hybridized carbons (Fsp3) is 0.444. The smallest absolute Gasteiger partial charge is 0.213 e. The molecule has 0 spiro atoms. The Labute approximate surface area is 132 Å². The number of hydrogen-bond acceptors (Lipinski definition) is 3. The first kappa shape index (κ1) is 16.3. The van der Waals surface area contributed by atoms with Crippen molar-refractivity contribution in [1.29, 1.82) is 0 Å². The molecule has 118 valence electrons. The molecule has 2 rings (SSSR count). The van der Waals surface area contributed by atoms with Crippen LogP contribution in [0.3, 0.4) is 0 Å². The largest absolute Gasteiger partial charge is 0.469 e. The summed E-state index contributed by atoms with van der Waals surface area (Å²) in [6.45, 7) is 9.43. The van der Waals surface area contributed by atoms with Crippen molar-refractivity contribution in [1.82, 2.24) is 9.55 Å². The molecule has 4 nitrogen and oxygen atoms in total. The molecule has 0 aliphatic heterocycles. The Kier molecular flexibility index (Phi) is 5.36. The second kappa shape index (κ2) is 7.25. The van der Waals surface area contributed by atoms with Gasteiger partial charge in [0.25, 0.3) is 0 Å². The first-order valence-corrected chi connectivity index (χ1v) is 7.72. The minimum atomic E-state index is -0.00505. The summed E-state index contributed by atoms with van der Waals surface area (Å²) in [5.74, 6) is 1.12. The molecule has 0 bridgehead atoms. The summed E-state index contributed by atoms with van der Waals surface area (Å²) in [4.78, 5) is 16.4. The molecule has 0 saturated heterocycles. The number of hydrogen-bond donors (Lipinski definition) is 0. The maximum Gasteiger partial charge on any atom is 0.213 e. The van der Waals surface area contributed by atoms with Gasteiger partial charge in [0.2, 0.25) is 11.7 Å². The number of nitrogens with zero attached hydrogens (tertiary/aromatic N) is 2. The summed E-state index contributed by atoms with van der Waals surface area (Å²) in [7, 11) is 0. The quantitative estimate of drug-likeness (QED) is 0.730. The van der Waals surface area contributed by atoms with E-state index >= 15 is 0 Å². The van der Waals surface area contributed by atoms with Gasteiger partial charge in [-0.05, 0) is 38.3 Å². The van der Waals surface area contributed by atoms with Gasteiger partial charge in [0.05, 0.1) is 0 Å². The molecule has 0 saturated carbocycles.